The maximum Gasteiger partial charge on any atom is 0.193 e. The van der Waals surface area contributed by atoms with Crippen LogP contribution in [0.4, 0.5) is 0 Å². The number of ether oxygens (including phenoxy) is 1. The highest BCUT2D eigenvalue weighted by Gasteiger charge is 2.39. The molecule has 0 unspecified atom stereocenters. The number of halogens is 1. The Kier molecular flexibility index (Phi) is 9.99. The third kappa shape index (κ3) is 6.51. The summed E-state index contributed by atoms with van der Waals surface area (Å²) in [6.07, 6.45) is 11.0. The van der Waals surface area contributed by atoms with Crippen LogP contribution in [0.15, 0.2) is 4.99 Å². The van der Waals surface area contributed by atoms with Crippen LogP contribution in [0.1, 0.15) is 58.3 Å². The second kappa shape index (κ2) is 11.7. The lowest BCUT2D eigenvalue weighted by molar-refractivity contribution is 0.0373. The molecule has 0 radical (unpaired) electrons. The van der Waals surface area contributed by atoms with Crippen LogP contribution in [0.3, 0.4) is 0 Å². The summed E-state index contributed by atoms with van der Waals surface area (Å²) in [5.41, 5.74) is 0.602. The van der Waals surface area contributed by atoms with E-state index in [2.05, 4.69) is 22.0 Å². The summed E-state index contributed by atoms with van der Waals surface area (Å²) in [6.45, 7) is 11.7. The number of morpholine rings is 1. The first-order valence-corrected chi connectivity index (χ1v) is 10.6. The van der Waals surface area contributed by atoms with Gasteiger partial charge in [-0.3, -0.25) is 9.89 Å². The van der Waals surface area contributed by atoms with Gasteiger partial charge in [0.15, 0.2) is 5.96 Å². The normalized spacial score (nSPS) is 23.9. The Morgan fingerprint density at radius 2 is 1.81 bits per heavy atom. The van der Waals surface area contributed by atoms with Gasteiger partial charge in [-0.15, -0.1) is 24.0 Å². The Hall–Kier alpha value is -0.0800. The second-order valence-electron chi connectivity index (χ2n) is 8.13. The molecule has 0 aromatic carbocycles. The van der Waals surface area contributed by atoms with Crippen LogP contribution in [-0.4, -0.2) is 74.8 Å². The second-order valence-corrected chi connectivity index (χ2v) is 8.13. The van der Waals surface area contributed by atoms with E-state index in [0.29, 0.717) is 5.41 Å². The minimum absolute atomic E-state index is 0. The standard InChI is InChI=1S/C20H38N4O.HI/c1-2-21-19(22-11-6-7-12-23-14-16-25-17-15-23)24-13-10-20(18-24)8-4-3-5-9-20;/h2-18H2,1H3,(H,21,22);1H. The molecule has 1 spiro atoms. The maximum atomic E-state index is 5.41. The van der Waals surface area contributed by atoms with Gasteiger partial charge in [0, 0.05) is 39.3 Å². The van der Waals surface area contributed by atoms with Gasteiger partial charge in [0.25, 0.3) is 0 Å². The Balaban J connectivity index is 0.00000243. The largest absolute Gasteiger partial charge is 0.379 e. The third-order valence-corrected chi connectivity index (χ3v) is 6.23. The third-order valence-electron chi connectivity index (χ3n) is 6.23. The van der Waals surface area contributed by atoms with Gasteiger partial charge in [0.05, 0.1) is 13.2 Å². The minimum atomic E-state index is 0. The number of likely N-dealkylation sites (tertiary alicyclic amines) is 1. The Labute approximate surface area is 177 Å². The fourth-order valence-electron chi connectivity index (χ4n) is 4.71. The summed E-state index contributed by atoms with van der Waals surface area (Å²) in [4.78, 5) is 10.0. The van der Waals surface area contributed by atoms with Gasteiger partial charge in [-0.05, 0) is 51.0 Å². The smallest absolute Gasteiger partial charge is 0.193 e. The van der Waals surface area contributed by atoms with E-state index in [9.17, 15) is 0 Å². The van der Waals surface area contributed by atoms with E-state index in [1.807, 2.05) is 0 Å². The van der Waals surface area contributed by atoms with E-state index in [1.165, 1.54) is 71.0 Å². The summed E-state index contributed by atoms with van der Waals surface area (Å²) in [6, 6.07) is 0. The molecule has 1 aliphatic carbocycles. The molecule has 2 heterocycles. The number of rotatable bonds is 6. The van der Waals surface area contributed by atoms with Gasteiger partial charge in [-0.2, -0.15) is 0 Å². The SMILES string of the molecule is CCNC(=NCCCCN1CCOCC1)N1CCC2(CCCCC2)C1.I. The van der Waals surface area contributed by atoms with Crippen molar-refractivity contribution in [1.82, 2.24) is 15.1 Å². The van der Waals surface area contributed by atoms with Crippen LogP contribution in [0.25, 0.3) is 0 Å². The molecule has 0 aromatic rings. The highest BCUT2D eigenvalue weighted by molar-refractivity contribution is 14.0. The van der Waals surface area contributed by atoms with E-state index in [-0.39, 0.29) is 24.0 Å². The van der Waals surface area contributed by atoms with Gasteiger partial charge in [0.1, 0.15) is 0 Å². The summed E-state index contributed by atoms with van der Waals surface area (Å²) in [7, 11) is 0. The van der Waals surface area contributed by atoms with Crippen LogP contribution in [0, 0.1) is 5.41 Å². The highest BCUT2D eigenvalue weighted by Crippen LogP contribution is 2.43. The molecule has 3 rings (SSSR count). The zero-order valence-electron chi connectivity index (χ0n) is 16.7. The number of hydrogen-bond acceptors (Lipinski definition) is 3. The lowest BCUT2D eigenvalue weighted by Crippen LogP contribution is -2.41. The molecule has 1 N–H and O–H groups in total. The summed E-state index contributed by atoms with van der Waals surface area (Å²) >= 11 is 0. The van der Waals surface area contributed by atoms with Crippen molar-refractivity contribution in [3.05, 3.63) is 0 Å². The lowest BCUT2D eigenvalue weighted by atomic mass is 9.73. The number of nitrogens with zero attached hydrogens (tertiary/aromatic N) is 3. The predicted octanol–water partition coefficient (Wildman–Crippen LogP) is 3.34. The topological polar surface area (TPSA) is 40.1 Å². The summed E-state index contributed by atoms with van der Waals surface area (Å²) < 4.78 is 5.41. The number of nitrogens with one attached hydrogen (secondary N) is 1. The minimum Gasteiger partial charge on any atom is -0.379 e. The molecule has 0 bridgehead atoms. The average molecular weight is 478 g/mol. The monoisotopic (exact) mass is 478 g/mol. The molecule has 5 nitrogen and oxygen atoms in total. The molecule has 0 aromatic heterocycles. The first-order valence-electron chi connectivity index (χ1n) is 10.6. The summed E-state index contributed by atoms with van der Waals surface area (Å²) in [5, 5.41) is 3.54. The Morgan fingerprint density at radius 3 is 2.54 bits per heavy atom. The van der Waals surface area contributed by atoms with Crippen molar-refractivity contribution >= 4 is 29.9 Å². The lowest BCUT2D eigenvalue weighted by Gasteiger charge is -2.33. The molecule has 26 heavy (non-hydrogen) atoms. The zero-order valence-corrected chi connectivity index (χ0v) is 19.0. The first kappa shape index (κ1) is 22.2. The van der Waals surface area contributed by atoms with Crippen molar-refractivity contribution in [3.63, 3.8) is 0 Å². The number of guanidine groups is 1. The molecule has 0 atom stereocenters. The Morgan fingerprint density at radius 1 is 1.04 bits per heavy atom. The highest BCUT2D eigenvalue weighted by atomic mass is 127. The van der Waals surface area contributed by atoms with Crippen LogP contribution in [0.2, 0.25) is 0 Å². The van der Waals surface area contributed by atoms with E-state index in [1.54, 1.807) is 0 Å². The molecule has 6 heteroatoms. The number of unbranched alkanes of at least 4 members (excludes halogenated alkanes) is 1. The molecule has 2 saturated heterocycles. The number of aliphatic imine (C=N–C) groups is 1. The van der Waals surface area contributed by atoms with E-state index < -0.39 is 0 Å². The van der Waals surface area contributed by atoms with Crippen LogP contribution < -0.4 is 5.32 Å². The zero-order chi connectivity index (χ0) is 17.4. The average Bonchev–Trinajstić information content (AvgIpc) is 3.05. The van der Waals surface area contributed by atoms with Gasteiger partial charge < -0.3 is 15.0 Å². The quantitative estimate of drug-likeness (QED) is 0.275. The van der Waals surface area contributed by atoms with Crippen molar-refractivity contribution in [2.24, 2.45) is 10.4 Å². The van der Waals surface area contributed by atoms with E-state index in [0.717, 1.165) is 45.4 Å². The van der Waals surface area contributed by atoms with Crippen molar-refractivity contribution in [2.45, 2.75) is 58.3 Å². The van der Waals surface area contributed by atoms with Crippen LogP contribution in [0.5, 0.6) is 0 Å². The van der Waals surface area contributed by atoms with Crippen molar-refractivity contribution in [2.75, 3.05) is 59.0 Å². The van der Waals surface area contributed by atoms with Gasteiger partial charge in [-0.1, -0.05) is 19.3 Å². The maximum absolute atomic E-state index is 5.41. The van der Waals surface area contributed by atoms with Crippen LogP contribution >= 0.6 is 24.0 Å². The van der Waals surface area contributed by atoms with E-state index >= 15 is 0 Å². The van der Waals surface area contributed by atoms with Crippen molar-refractivity contribution in [1.29, 1.82) is 0 Å². The summed E-state index contributed by atoms with van der Waals surface area (Å²) in [5.74, 6) is 1.16. The van der Waals surface area contributed by atoms with Gasteiger partial charge in [0.2, 0.25) is 0 Å². The molecule has 2 aliphatic heterocycles. The first-order chi connectivity index (χ1) is 12.3. The van der Waals surface area contributed by atoms with Gasteiger partial charge in [-0.25, -0.2) is 0 Å². The predicted molar refractivity (Wildman–Crippen MR) is 120 cm³/mol. The molecule has 152 valence electrons. The van der Waals surface area contributed by atoms with Crippen molar-refractivity contribution < 1.29 is 4.74 Å². The molecule has 1 saturated carbocycles. The molecule has 0 amide bonds. The van der Waals surface area contributed by atoms with Crippen LogP contribution in [-0.2, 0) is 4.74 Å². The fraction of sp³-hybridized carbons (Fsp3) is 0.950. The molecule has 3 fully saturated rings. The van der Waals surface area contributed by atoms with E-state index in [4.69, 9.17) is 9.73 Å². The molecule has 3 aliphatic rings. The van der Waals surface area contributed by atoms with Gasteiger partial charge >= 0.3 is 0 Å². The molecular formula is C20H39IN4O. The van der Waals surface area contributed by atoms with Crippen molar-refractivity contribution in [3.8, 4) is 0 Å². The molecular weight excluding hydrogens is 439 g/mol. The number of hydrogen-bond donors (Lipinski definition) is 1. The fourth-order valence-corrected chi connectivity index (χ4v) is 4.71. The Bertz CT molecular complexity index is 420.